The summed E-state index contributed by atoms with van der Waals surface area (Å²) < 4.78 is 1.87. The van der Waals surface area contributed by atoms with Crippen molar-refractivity contribution in [3.05, 3.63) is 59.7 Å². The van der Waals surface area contributed by atoms with E-state index in [1.54, 1.807) is 23.5 Å². The molecule has 0 unspecified atom stereocenters. The van der Waals surface area contributed by atoms with Crippen LogP contribution in [0.4, 0.5) is 0 Å². The first-order valence-electron chi connectivity index (χ1n) is 7.63. The minimum Gasteiger partial charge on any atom is -0.186 e. The van der Waals surface area contributed by atoms with E-state index in [1.165, 1.54) is 10.5 Å². The quantitative estimate of drug-likeness (QED) is 0.658. The summed E-state index contributed by atoms with van der Waals surface area (Å²) in [5, 5.41) is 14.4. The summed E-state index contributed by atoms with van der Waals surface area (Å²) in [6, 6.07) is 16.7. The maximum Gasteiger partial charge on any atom is 0.212 e. The van der Waals surface area contributed by atoms with Gasteiger partial charge in [-0.15, -0.1) is 22.0 Å². The minimum atomic E-state index is 0.798. The van der Waals surface area contributed by atoms with E-state index in [1.807, 2.05) is 16.8 Å². The normalized spacial score (nSPS) is 13.5. The average molecular weight is 352 g/mol. The zero-order chi connectivity index (χ0) is 16.5. The molecule has 120 valence electrons. The Labute approximate surface area is 149 Å². The third kappa shape index (κ3) is 2.76. The number of aryl methyl sites for hydroxylation is 1. The highest BCUT2D eigenvalue weighted by atomic mass is 32.2. The van der Waals surface area contributed by atoms with E-state index in [2.05, 4.69) is 59.8 Å². The van der Waals surface area contributed by atoms with Gasteiger partial charge in [-0.3, -0.25) is 0 Å². The number of nitrogens with zero attached hydrogens (tertiary/aromatic N) is 4. The van der Waals surface area contributed by atoms with Crippen molar-refractivity contribution in [3.8, 4) is 11.4 Å². The van der Waals surface area contributed by atoms with Crippen molar-refractivity contribution >= 4 is 29.2 Å². The Morgan fingerprint density at radius 1 is 1.04 bits per heavy atom. The highest BCUT2D eigenvalue weighted by molar-refractivity contribution is 8.00. The highest BCUT2D eigenvalue weighted by Gasteiger charge is 2.21. The Kier molecular flexibility index (Phi) is 4.16. The third-order valence-electron chi connectivity index (χ3n) is 3.90. The maximum atomic E-state index is 4.84. The standard InChI is InChI=1S/C18H16N4S2/c1-12-7-9-13(10-8-12)15-11-24-18-20-19-17(22(18)21-15)14-5-3-4-6-16(14)23-2/h3-10H,11H2,1-2H3. The summed E-state index contributed by atoms with van der Waals surface area (Å²) in [5.41, 5.74) is 4.52. The molecule has 24 heavy (non-hydrogen) atoms. The van der Waals surface area contributed by atoms with Gasteiger partial charge in [-0.25, -0.2) is 0 Å². The lowest BCUT2D eigenvalue weighted by molar-refractivity contribution is 0.761. The Balaban J connectivity index is 1.81. The zero-order valence-corrected chi connectivity index (χ0v) is 15.1. The summed E-state index contributed by atoms with van der Waals surface area (Å²) in [5.74, 6) is 1.61. The Morgan fingerprint density at radius 2 is 1.83 bits per heavy atom. The molecule has 0 radical (unpaired) electrons. The molecule has 0 fully saturated rings. The van der Waals surface area contributed by atoms with Crippen LogP contribution in [-0.2, 0) is 0 Å². The van der Waals surface area contributed by atoms with Crippen molar-refractivity contribution < 1.29 is 0 Å². The molecule has 1 aliphatic rings. The van der Waals surface area contributed by atoms with E-state index >= 15 is 0 Å². The molecule has 2 aromatic carbocycles. The summed E-state index contributed by atoms with van der Waals surface area (Å²) in [7, 11) is 0. The van der Waals surface area contributed by atoms with Gasteiger partial charge in [-0.05, 0) is 30.9 Å². The minimum absolute atomic E-state index is 0.798. The van der Waals surface area contributed by atoms with Gasteiger partial charge < -0.3 is 0 Å². The van der Waals surface area contributed by atoms with Crippen LogP contribution >= 0.6 is 23.5 Å². The molecule has 6 heteroatoms. The Hall–Kier alpha value is -2.05. The van der Waals surface area contributed by atoms with Gasteiger partial charge in [0.1, 0.15) is 0 Å². The van der Waals surface area contributed by atoms with Crippen molar-refractivity contribution in [1.29, 1.82) is 0 Å². The van der Waals surface area contributed by atoms with Gasteiger partial charge in [0, 0.05) is 16.2 Å². The Bertz CT molecular complexity index is 913. The number of aromatic nitrogens is 3. The monoisotopic (exact) mass is 352 g/mol. The molecular formula is C18H16N4S2. The molecular weight excluding hydrogens is 336 g/mol. The molecule has 0 amide bonds. The van der Waals surface area contributed by atoms with E-state index in [9.17, 15) is 0 Å². The van der Waals surface area contributed by atoms with E-state index in [-0.39, 0.29) is 0 Å². The van der Waals surface area contributed by atoms with Crippen LogP contribution in [0, 0.1) is 6.92 Å². The van der Waals surface area contributed by atoms with E-state index in [0.717, 1.165) is 33.6 Å². The van der Waals surface area contributed by atoms with Gasteiger partial charge in [0.25, 0.3) is 0 Å². The van der Waals surface area contributed by atoms with Gasteiger partial charge >= 0.3 is 0 Å². The number of fused-ring (bicyclic) bond motifs is 1. The molecule has 2 heterocycles. The first-order chi connectivity index (χ1) is 11.8. The zero-order valence-electron chi connectivity index (χ0n) is 13.4. The third-order valence-corrected chi connectivity index (χ3v) is 5.63. The number of hydrogen-bond donors (Lipinski definition) is 0. The van der Waals surface area contributed by atoms with Gasteiger partial charge in [-0.2, -0.15) is 9.78 Å². The second-order valence-electron chi connectivity index (χ2n) is 5.52. The van der Waals surface area contributed by atoms with Crippen LogP contribution in [0.5, 0.6) is 0 Å². The van der Waals surface area contributed by atoms with E-state index in [0.29, 0.717) is 0 Å². The van der Waals surface area contributed by atoms with Gasteiger partial charge in [0.15, 0.2) is 5.82 Å². The van der Waals surface area contributed by atoms with Gasteiger partial charge in [0.2, 0.25) is 5.16 Å². The van der Waals surface area contributed by atoms with Crippen molar-refractivity contribution in [2.24, 2.45) is 5.10 Å². The van der Waals surface area contributed by atoms with Crippen molar-refractivity contribution in [1.82, 2.24) is 14.9 Å². The van der Waals surface area contributed by atoms with Crippen molar-refractivity contribution in [3.63, 3.8) is 0 Å². The smallest absolute Gasteiger partial charge is 0.186 e. The molecule has 0 spiro atoms. The van der Waals surface area contributed by atoms with Crippen LogP contribution < -0.4 is 0 Å². The first kappa shape index (κ1) is 15.5. The van der Waals surface area contributed by atoms with Crippen LogP contribution in [0.2, 0.25) is 0 Å². The van der Waals surface area contributed by atoms with Crippen LogP contribution in [-0.4, -0.2) is 32.6 Å². The fourth-order valence-corrected chi connectivity index (χ4v) is 4.04. The fourth-order valence-electron chi connectivity index (χ4n) is 2.61. The lowest BCUT2D eigenvalue weighted by atomic mass is 10.1. The average Bonchev–Trinajstić information content (AvgIpc) is 3.05. The first-order valence-corrected chi connectivity index (χ1v) is 9.84. The molecule has 1 aliphatic heterocycles. The largest absolute Gasteiger partial charge is 0.212 e. The summed E-state index contributed by atoms with van der Waals surface area (Å²) in [4.78, 5) is 1.18. The predicted octanol–water partition coefficient (Wildman–Crippen LogP) is 4.33. The summed E-state index contributed by atoms with van der Waals surface area (Å²) in [6.07, 6.45) is 2.07. The molecule has 0 bridgehead atoms. The SMILES string of the molecule is CSc1ccccc1-c1nnc2n1N=C(c1ccc(C)cc1)CS2. The van der Waals surface area contributed by atoms with Crippen LogP contribution in [0.25, 0.3) is 11.4 Å². The van der Waals surface area contributed by atoms with Crippen LogP contribution in [0.3, 0.4) is 0 Å². The second kappa shape index (κ2) is 6.45. The number of benzene rings is 2. The number of hydrogen-bond acceptors (Lipinski definition) is 5. The maximum absolute atomic E-state index is 4.84. The van der Waals surface area contributed by atoms with Gasteiger partial charge in [-0.1, -0.05) is 53.7 Å². The fraction of sp³-hybridized carbons (Fsp3) is 0.167. The predicted molar refractivity (Wildman–Crippen MR) is 101 cm³/mol. The highest BCUT2D eigenvalue weighted by Crippen LogP contribution is 2.33. The summed E-state index contributed by atoms with van der Waals surface area (Å²) >= 11 is 3.38. The van der Waals surface area contributed by atoms with Crippen LogP contribution in [0.15, 0.2) is 63.7 Å². The molecule has 0 N–H and O–H groups in total. The number of rotatable bonds is 3. The van der Waals surface area contributed by atoms with Crippen molar-refractivity contribution in [2.75, 3.05) is 12.0 Å². The molecule has 0 aliphatic carbocycles. The number of thioether (sulfide) groups is 2. The molecule has 3 aromatic rings. The second-order valence-corrected chi connectivity index (χ2v) is 7.31. The Morgan fingerprint density at radius 3 is 2.62 bits per heavy atom. The van der Waals surface area contributed by atoms with E-state index < -0.39 is 0 Å². The molecule has 1 aromatic heterocycles. The van der Waals surface area contributed by atoms with E-state index in [4.69, 9.17) is 5.10 Å². The molecule has 4 rings (SSSR count). The molecule has 0 saturated carbocycles. The van der Waals surface area contributed by atoms with Crippen molar-refractivity contribution in [2.45, 2.75) is 17.0 Å². The summed E-state index contributed by atoms with van der Waals surface area (Å²) in [6.45, 7) is 2.09. The topological polar surface area (TPSA) is 43.1 Å². The lowest BCUT2D eigenvalue weighted by Gasteiger charge is -2.14. The molecule has 0 atom stereocenters. The molecule has 4 nitrogen and oxygen atoms in total. The molecule has 0 saturated heterocycles. The van der Waals surface area contributed by atoms with Gasteiger partial charge in [0.05, 0.1) is 5.71 Å². The van der Waals surface area contributed by atoms with Crippen LogP contribution in [0.1, 0.15) is 11.1 Å². The lowest BCUT2D eigenvalue weighted by Crippen LogP contribution is -2.13.